The molecule has 0 fully saturated rings. The zero-order chi connectivity index (χ0) is 17.1. The number of hydrogen-bond acceptors (Lipinski definition) is 3. The third-order valence-corrected chi connectivity index (χ3v) is 4.36. The molecule has 6 heteroatoms. The van der Waals surface area contributed by atoms with Crippen molar-refractivity contribution in [1.82, 2.24) is 4.98 Å². The normalized spacial score (nSPS) is 12.1. The van der Waals surface area contributed by atoms with E-state index in [0.717, 1.165) is 10.8 Å². The standard InChI is InChI=1S/C18H15Cl2N3O/c19-13-2-4-15(17(20)8-13)16(9-21)18(24)23-14-3-1-12-10-22-6-5-11(12)7-14/h1-8,10,16H,9,21H2,(H,23,24). The zero-order valence-electron chi connectivity index (χ0n) is 12.7. The highest BCUT2D eigenvalue weighted by Crippen LogP contribution is 2.28. The van der Waals surface area contributed by atoms with Gasteiger partial charge in [-0.1, -0.05) is 35.3 Å². The van der Waals surface area contributed by atoms with Crippen molar-refractivity contribution < 1.29 is 4.79 Å². The Morgan fingerprint density at radius 2 is 1.96 bits per heavy atom. The molecule has 0 saturated carbocycles. The molecule has 1 heterocycles. The molecule has 0 aliphatic rings. The number of hydrogen-bond donors (Lipinski definition) is 2. The maximum atomic E-state index is 12.6. The van der Waals surface area contributed by atoms with Gasteiger partial charge in [-0.2, -0.15) is 0 Å². The van der Waals surface area contributed by atoms with Gasteiger partial charge in [0.25, 0.3) is 0 Å². The van der Waals surface area contributed by atoms with Gasteiger partial charge in [-0.25, -0.2) is 0 Å². The van der Waals surface area contributed by atoms with E-state index in [1.807, 2.05) is 24.3 Å². The monoisotopic (exact) mass is 359 g/mol. The number of nitrogens with one attached hydrogen (secondary N) is 1. The summed E-state index contributed by atoms with van der Waals surface area (Å²) in [4.78, 5) is 16.7. The van der Waals surface area contributed by atoms with Crippen LogP contribution in [0.1, 0.15) is 11.5 Å². The maximum absolute atomic E-state index is 12.6. The van der Waals surface area contributed by atoms with Gasteiger partial charge >= 0.3 is 0 Å². The fourth-order valence-electron chi connectivity index (χ4n) is 2.55. The first-order valence-corrected chi connectivity index (χ1v) is 8.14. The van der Waals surface area contributed by atoms with Crippen molar-refractivity contribution in [2.75, 3.05) is 11.9 Å². The Kier molecular flexibility index (Phi) is 5.00. The Morgan fingerprint density at radius 1 is 1.12 bits per heavy atom. The molecule has 3 N–H and O–H groups in total. The SMILES string of the molecule is NCC(C(=O)Nc1ccc2cnccc2c1)c1ccc(Cl)cc1Cl. The summed E-state index contributed by atoms with van der Waals surface area (Å²) in [5.74, 6) is -0.766. The highest BCUT2D eigenvalue weighted by molar-refractivity contribution is 6.35. The van der Waals surface area contributed by atoms with E-state index in [1.165, 1.54) is 0 Å². The highest BCUT2D eigenvalue weighted by Gasteiger charge is 2.22. The van der Waals surface area contributed by atoms with E-state index < -0.39 is 5.92 Å². The number of halogens is 2. The van der Waals surface area contributed by atoms with Gasteiger partial charge in [0.2, 0.25) is 5.91 Å². The third-order valence-electron chi connectivity index (χ3n) is 3.80. The van der Waals surface area contributed by atoms with Crippen LogP contribution >= 0.6 is 23.2 Å². The summed E-state index contributed by atoms with van der Waals surface area (Å²) in [7, 11) is 0. The lowest BCUT2D eigenvalue weighted by molar-refractivity contribution is -0.117. The molecule has 2 aromatic carbocycles. The number of benzene rings is 2. The molecular formula is C18H15Cl2N3O. The molecule has 0 aliphatic carbocycles. The molecule has 0 aliphatic heterocycles. The largest absolute Gasteiger partial charge is 0.329 e. The Balaban J connectivity index is 1.85. The van der Waals surface area contributed by atoms with Crippen LogP contribution in [0.2, 0.25) is 10.0 Å². The van der Waals surface area contributed by atoms with Crippen LogP contribution in [0.3, 0.4) is 0 Å². The van der Waals surface area contributed by atoms with Crippen LogP contribution in [0.15, 0.2) is 54.9 Å². The van der Waals surface area contributed by atoms with Crippen molar-refractivity contribution in [3.63, 3.8) is 0 Å². The second-order valence-electron chi connectivity index (χ2n) is 5.38. The van der Waals surface area contributed by atoms with E-state index in [4.69, 9.17) is 28.9 Å². The quantitative estimate of drug-likeness (QED) is 0.732. The number of carbonyl (C=O) groups is 1. The van der Waals surface area contributed by atoms with Gasteiger partial charge in [-0.3, -0.25) is 9.78 Å². The first-order valence-electron chi connectivity index (χ1n) is 7.38. The molecule has 1 aromatic heterocycles. The van der Waals surface area contributed by atoms with E-state index in [9.17, 15) is 4.79 Å². The summed E-state index contributed by atoms with van der Waals surface area (Å²) < 4.78 is 0. The average molecular weight is 360 g/mol. The van der Waals surface area contributed by atoms with Gasteiger partial charge in [0.1, 0.15) is 0 Å². The number of carbonyl (C=O) groups excluding carboxylic acids is 1. The summed E-state index contributed by atoms with van der Waals surface area (Å²) in [5, 5.41) is 5.84. The van der Waals surface area contributed by atoms with Crippen LogP contribution in [0.5, 0.6) is 0 Å². The van der Waals surface area contributed by atoms with Crippen LogP contribution in [0.25, 0.3) is 10.8 Å². The minimum Gasteiger partial charge on any atom is -0.329 e. The number of fused-ring (bicyclic) bond motifs is 1. The number of amides is 1. The molecule has 0 bridgehead atoms. The van der Waals surface area contributed by atoms with Crippen molar-refractivity contribution in [2.45, 2.75) is 5.92 Å². The Labute approximate surface area is 149 Å². The first-order chi connectivity index (χ1) is 11.6. The Bertz CT molecular complexity index is 898. The van der Waals surface area contributed by atoms with Crippen LogP contribution < -0.4 is 11.1 Å². The minimum absolute atomic E-state index is 0.144. The molecule has 1 amide bonds. The Morgan fingerprint density at radius 3 is 2.71 bits per heavy atom. The average Bonchev–Trinajstić information content (AvgIpc) is 2.57. The molecule has 3 rings (SSSR count). The van der Waals surface area contributed by atoms with Crippen LogP contribution in [0.4, 0.5) is 5.69 Å². The molecule has 1 atom stereocenters. The van der Waals surface area contributed by atoms with E-state index >= 15 is 0 Å². The van der Waals surface area contributed by atoms with E-state index in [0.29, 0.717) is 21.3 Å². The minimum atomic E-state index is -0.553. The lowest BCUT2D eigenvalue weighted by Gasteiger charge is -2.17. The van der Waals surface area contributed by atoms with Gasteiger partial charge in [-0.05, 0) is 41.3 Å². The fraction of sp³-hybridized carbons (Fsp3) is 0.111. The number of anilines is 1. The van der Waals surface area contributed by atoms with Crippen molar-refractivity contribution in [3.05, 3.63) is 70.5 Å². The summed E-state index contributed by atoms with van der Waals surface area (Å²) in [6.07, 6.45) is 3.49. The first kappa shape index (κ1) is 16.7. The predicted molar refractivity (Wildman–Crippen MR) is 98.6 cm³/mol. The van der Waals surface area contributed by atoms with Gasteiger partial charge in [-0.15, -0.1) is 0 Å². The molecule has 122 valence electrons. The van der Waals surface area contributed by atoms with Crippen molar-refractivity contribution in [3.8, 4) is 0 Å². The molecule has 0 radical (unpaired) electrons. The topological polar surface area (TPSA) is 68.0 Å². The summed E-state index contributed by atoms with van der Waals surface area (Å²) >= 11 is 12.1. The number of aromatic nitrogens is 1. The predicted octanol–water partition coefficient (Wildman–Crippen LogP) is 4.22. The van der Waals surface area contributed by atoms with Gasteiger partial charge < -0.3 is 11.1 Å². The van der Waals surface area contributed by atoms with E-state index in [2.05, 4.69) is 10.3 Å². The molecular weight excluding hydrogens is 345 g/mol. The second-order valence-corrected chi connectivity index (χ2v) is 6.22. The number of rotatable bonds is 4. The molecule has 0 saturated heterocycles. The molecule has 24 heavy (non-hydrogen) atoms. The second kappa shape index (κ2) is 7.18. The molecule has 0 spiro atoms. The summed E-state index contributed by atoms with van der Waals surface area (Å²) in [6.45, 7) is 0.144. The number of nitrogens with two attached hydrogens (primary N) is 1. The van der Waals surface area contributed by atoms with Crippen LogP contribution in [-0.4, -0.2) is 17.4 Å². The van der Waals surface area contributed by atoms with Crippen LogP contribution in [-0.2, 0) is 4.79 Å². The summed E-state index contributed by atoms with van der Waals surface area (Å²) in [5.41, 5.74) is 7.15. The molecule has 3 aromatic rings. The molecule has 4 nitrogen and oxygen atoms in total. The lowest BCUT2D eigenvalue weighted by atomic mass is 9.98. The highest BCUT2D eigenvalue weighted by atomic mass is 35.5. The number of nitrogens with zero attached hydrogens (tertiary/aromatic N) is 1. The van der Waals surface area contributed by atoms with E-state index in [1.54, 1.807) is 30.6 Å². The smallest absolute Gasteiger partial charge is 0.233 e. The van der Waals surface area contributed by atoms with Crippen molar-refractivity contribution in [1.29, 1.82) is 0 Å². The van der Waals surface area contributed by atoms with Crippen molar-refractivity contribution >= 4 is 45.6 Å². The lowest BCUT2D eigenvalue weighted by Crippen LogP contribution is -2.27. The molecule has 1 unspecified atom stereocenters. The zero-order valence-corrected chi connectivity index (χ0v) is 14.2. The Hall–Kier alpha value is -2.14. The maximum Gasteiger partial charge on any atom is 0.233 e. The van der Waals surface area contributed by atoms with Crippen molar-refractivity contribution in [2.24, 2.45) is 5.73 Å². The van der Waals surface area contributed by atoms with Crippen LogP contribution in [0, 0.1) is 0 Å². The third kappa shape index (κ3) is 3.51. The van der Waals surface area contributed by atoms with Gasteiger partial charge in [0.15, 0.2) is 0 Å². The van der Waals surface area contributed by atoms with Gasteiger partial charge in [0, 0.05) is 40.1 Å². The summed E-state index contributed by atoms with van der Waals surface area (Å²) in [6, 6.07) is 12.6. The fourth-order valence-corrected chi connectivity index (χ4v) is 3.09. The number of pyridine rings is 1. The van der Waals surface area contributed by atoms with Gasteiger partial charge in [0.05, 0.1) is 5.92 Å². The van der Waals surface area contributed by atoms with E-state index in [-0.39, 0.29) is 12.5 Å².